The molecule has 0 radical (unpaired) electrons. The zero-order valence-corrected chi connectivity index (χ0v) is 9.65. The van der Waals surface area contributed by atoms with Crippen LogP contribution in [0.5, 0.6) is 0 Å². The largest absolute Gasteiger partial charge is 0.462 e. The van der Waals surface area contributed by atoms with Crippen LogP contribution in [-0.4, -0.2) is 23.7 Å². The van der Waals surface area contributed by atoms with Crippen molar-refractivity contribution in [2.75, 3.05) is 0 Å². The summed E-state index contributed by atoms with van der Waals surface area (Å²) in [5.41, 5.74) is -0.894. The quantitative estimate of drug-likeness (QED) is 0.392. The van der Waals surface area contributed by atoms with Crippen LogP contribution in [0.2, 0.25) is 0 Å². The van der Waals surface area contributed by atoms with Crippen LogP contribution in [0.25, 0.3) is 0 Å². The van der Waals surface area contributed by atoms with E-state index in [1.165, 1.54) is 0 Å². The number of fused-ring (bicyclic) bond motifs is 1. The molecule has 5 atom stereocenters. The Morgan fingerprint density at radius 1 is 1.29 bits per heavy atom. The van der Waals surface area contributed by atoms with Gasteiger partial charge in [-0.3, -0.25) is 4.79 Å². The Morgan fingerprint density at radius 2 is 2.12 bits per heavy atom. The van der Waals surface area contributed by atoms with Crippen LogP contribution in [-0.2, 0) is 14.3 Å². The van der Waals surface area contributed by atoms with Crippen molar-refractivity contribution in [2.24, 2.45) is 22.2 Å². The first-order valence-corrected chi connectivity index (χ1v) is 6.56. The van der Waals surface area contributed by atoms with Gasteiger partial charge in [-0.25, -0.2) is 4.79 Å². The molecule has 0 amide bonds. The Balaban J connectivity index is 1.91. The molecule has 1 aliphatic heterocycles. The van der Waals surface area contributed by atoms with Gasteiger partial charge in [0, 0.05) is 5.92 Å². The van der Waals surface area contributed by atoms with Crippen molar-refractivity contribution in [1.82, 2.24) is 0 Å². The first kappa shape index (κ1) is 9.84. The number of esters is 1. The lowest BCUT2D eigenvalue weighted by Gasteiger charge is -2.62. The summed E-state index contributed by atoms with van der Waals surface area (Å²) in [6, 6.07) is 0. The molecule has 0 aromatic carbocycles. The van der Waals surface area contributed by atoms with E-state index in [2.05, 4.69) is 4.99 Å². The molecule has 1 spiro atoms. The fraction of sp³-hybridized carbons (Fsp3) is 0.846. The maximum Gasteiger partial charge on any atom is 0.315 e. The van der Waals surface area contributed by atoms with Crippen LogP contribution in [0.3, 0.4) is 0 Å². The van der Waals surface area contributed by atoms with Gasteiger partial charge in [0.2, 0.25) is 6.08 Å². The number of aliphatic imine (C=N–C) groups is 1. The van der Waals surface area contributed by atoms with Gasteiger partial charge in [0.15, 0.2) is 0 Å². The van der Waals surface area contributed by atoms with Gasteiger partial charge in [0.05, 0.1) is 5.54 Å². The Kier molecular flexibility index (Phi) is 1.62. The molecule has 17 heavy (non-hydrogen) atoms. The van der Waals surface area contributed by atoms with Crippen LogP contribution in [0.4, 0.5) is 0 Å². The minimum absolute atomic E-state index is 0.0813. The SMILES string of the molecule is O=C=N[C@]12CCCC[C@]13C(=O)O[C@@H]1CCC2C13. The smallest absolute Gasteiger partial charge is 0.315 e. The van der Waals surface area contributed by atoms with Crippen LogP contribution in [0, 0.1) is 17.3 Å². The molecule has 4 aliphatic rings. The summed E-state index contributed by atoms with van der Waals surface area (Å²) in [6.07, 6.45) is 7.70. The van der Waals surface area contributed by atoms with Crippen molar-refractivity contribution in [2.45, 2.75) is 50.2 Å². The maximum absolute atomic E-state index is 12.2. The van der Waals surface area contributed by atoms with Gasteiger partial charge in [0.1, 0.15) is 11.5 Å². The number of nitrogens with zero attached hydrogens (tertiary/aromatic N) is 1. The van der Waals surface area contributed by atoms with Crippen LogP contribution < -0.4 is 0 Å². The molecule has 0 bridgehead atoms. The summed E-state index contributed by atoms with van der Waals surface area (Å²) in [5.74, 6) is 0.648. The van der Waals surface area contributed by atoms with Gasteiger partial charge < -0.3 is 4.74 Å². The third kappa shape index (κ3) is 0.786. The topological polar surface area (TPSA) is 55.7 Å². The highest BCUT2D eigenvalue weighted by Crippen LogP contribution is 2.75. The second-order valence-electron chi connectivity index (χ2n) is 5.96. The van der Waals surface area contributed by atoms with E-state index >= 15 is 0 Å². The molecule has 4 fully saturated rings. The minimum Gasteiger partial charge on any atom is -0.462 e. The molecule has 0 aromatic rings. The normalized spacial score (nSPS) is 54.1. The maximum atomic E-state index is 12.2. The molecule has 4 heteroatoms. The van der Waals surface area contributed by atoms with E-state index in [1.54, 1.807) is 6.08 Å². The van der Waals surface area contributed by atoms with Gasteiger partial charge in [-0.2, -0.15) is 4.99 Å². The fourth-order valence-electron chi connectivity index (χ4n) is 5.38. The van der Waals surface area contributed by atoms with Crippen LogP contribution in [0.1, 0.15) is 38.5 Å². The Bertz CT molecular complexity index is 450. The molecular weight excluding hydrogens is 218 g/mol. The van der Waals surface area contributed by atoms with Crippen LogP contribution in [0.15, 0.2) is 4.99 Å². The van der Waals surface area contributed by atoms with Gasteiger partial charge in [0.25, 0.3) is 0 Å². The number of hydrogen-bond acceptors (Lipinski definition) is 4. The Labute approximate surface area is 99.4 Å². The summed E-state index contributed by atoms with van der Waals surface area (Å²) in [6.45, 7) is 0. The third-order valence-corrected chi connectivity index (χ3v) is 5.80. The van der Waals surface area contributed by atoms with Crippen molar-refractivity contribution in [1.29, 1.82) is 0 Å². The summed E-state index contributed by atoms with van der Waals surface area (Å²) in [4.78, 5) is 27.2. The van der Waals surface area contributed by atoms with E-state index in [9.17, 15) is 9.59 Å². The molecule has 3 saturated carbocycles. The van der Waals surface area contributed by atoms with Gasteiger partial charge in [-0.1, -0.05) is 12.8 Å². The lowest BCUT2D eigenvalue weighted by molar-refractivity contribution is -0.174. The average molecular weight is 233 g/mol. The van der Waals surface area contributed by atoms with Crippen molar-refractivity contribution in [3.8, 4) is 0 Å². The van der Waals surface area contributed by atoms with Crippen molar-refractivity contribution in [3.05, 3.63) is 0 Å². The summed E-state index contributed by atoms with van der Waals surface area (Å²) >= 11 is 0. The summed E-state index contributed by atoms with van der Waals surface area (Å²) in [5, 5.41) is 0. The molecule has 90 valence electrons. The van der Waals surface area contributed by atoms with Crippen LogP contribution >= 0.6 is 0 Å². The predicted molar refractivity (Wildman–Crippen MR) is 57.8 cm³/mol. The van der Waals surface area contributed by atoms with Gasteiger partial charge in [-0.15, -0.1) is 0 Å². The monoisotopic (exact) mass is 233 g/mol. The van der Waals surface area contributed by atoms with E-state index in [0.717, 1.165) is 38.5 Å². The van der Waals surface area contributed by atoms with Gasteiger partial charge >= 0.3 is 5.97 Å². The average Bonchev–Trinajstić information content (AvgIpc) is 2.77. The van der Waals surface area contributed by atoms with E-state index in [-0.39, 0.29) is 12.1 Å². The Hall–Kier alpha value is -1.15. The second-order valence-corrected chi connectivity index (χ2v) is 5.96. The van der Waals surface area contributed by atoms with E-state index in [0.29, 0.717) is 11.8 Å². The number of rotatable bonds is 1. The molecule has 0 aromatic heterocycles. The van der Waals surface area contributed by atoms with Gasteiger partial charge in [-0.05, 0) is 31.6 Å². The number of hydrogen-bond donors (Lipinski definition) is 0. The van der Waals surface area contributed by atoms with E-state index in [1.807, 2.05) is 0 Å². The lowest BCUT2D eigenvalue weighted by atomic mass is 9.39. The second kappa shape index (κ2) is 2.81. The highest BCUT2D eigenvalue weighted by atomic mass is 16.6. The molecular formula is C13H15NO3. The number of carbonyl (C=O) groups is 1. The minimum atomic E-state index is -0.450. The Morgan fingerprint density at radius 3 is 2.94 bits per heavy atom. The first-order valence-electron chi connectivity index (χ1n) is 6.56. The number of ether oxygens (including phenoxy) is 1. The zero-order valence-electron chi connectivity index (χ0n) is 9.65. The molecule has 3 aliphatic carbocycles. The van der Waals surface area contributed by atoms with Crippen molar-refractivity contribution in [3.63, 3.8) is 0 Å². The lowest BCUT2D eigenvalue weighted by Crippen LogP contribution is -2.70. The van der Waals surface area contributed by atoms with E-state index in [4.69, 9.17) is 4.74 Å². The standard InChI is InChI=1S/C13H15NO3/c15-7-14-13-6-2-1-5-12(13)10-8(13)3-4-9(10)17-11(12)16/h8-10H,1-6H2/t8?,9-,10?,12+,13+/m1/s1. The predicted octanol–water partition coefficient (Wildman–Crippen LogP) is 1.59. The van der Waals surface area contributed by atoms with Crippen molar-refractivity contribution >= 4 is 12.0 Å². The molecule has 4 nitrogen and oxygen atoms in total. The highest BCUT2D eigenvalue weighted by molar-refractivity contribution is 5.85. The van der Waals surface area contributed by atoms with Crippen molar-refractivity contribution < 1.29 is 14.3 Å². The highest BCUT2D eigenvalue weighted by Gasteiger charge is 2.83. The number of carbonyl (C=O) groups excluding carboxylic acids is 2. The molecule has 4 rings (SSSR count). The molecule has 1 saturated heterocycles. The summed E-state index contributed by atoms with van der Waals surface area (Å²) < 4.78 is 5.54. The fourth-order valence-corrected chi connectivity index (χ4v) is 5.38. The molecule has 1 heterocycles. The molecule has 2 unspecified atom stereocenters. The first-order chi connectivity index (χ1) is 8.26. The third-order valence-electron chi connectivity index (χ3n) is 5.80. The number of isocyanates is 1. The molecule has 0 N–H and O–H groups in total. The summed E-state index contributed by atoms with van der Waals surface area (Å²) in [7, 11) is 0. The van der Waals surface area contributed by atoms with E-state index < -0.39 is 11.0 Å². The zero-order chi connectivity index (χ0) is 11.7.